The van der Waals surface area contributed by atoms with Gasteiger partial charge in [0.2, 0.25) is 0 Å². The van der Waals surface area contributed by atoms with Gasteiger partial charge in [0, 0.05) is 43.3 Å². The van der Waals surface area contributed by atoms with Gasteiger partial charge in [-0.25, -0.2) is 9.97 Å². The van der Waals surface area contributed by atoms with Crippen molar-refractivity contribution in [1.82, 2.24) is 29.5 Å². The molecule has 0 aliphatic carbocycles. The summed E-state index contributed by atoms with van der Waals surface area (Å²) in [5, 5.41) is 8.40. The molecule has 2 aliphatic heterocycles. The van der Waals surface area contributed by atoms with Gasteiger partial charge in [-0.2, -0.15) is 5.10 Å². The van der Waals surface area contributed by atoms with Gasteiger partial charge in [-0.1, -0.05) is 18.2 Å². The average molecular weight is 532 g/mol. The van der Waals surface area contributed by atoms with Crippen molar-refractivity contribution >= 4 is 34.4 Å². The molecule has 6 rings (SSSR count). The maximum Gasteiger partial charge on any atom is 0.293 e. The molecule has 3 aromatic heterocycles. The lowest BCUT2D eigenvalue weighted by atomic mass is 10.0. The summed E-state index contributed by atoms with van der Waals surface area (Å²) in [6.07, 6.45) is 7.39. The van der Waals surface area contributed by atoms with Gasteiger partial charge in [0.05, 0.1) is 42.0 Å². The predicted molar refractivity (Wildman–Crippen MR) is 153 cm³/mol. The number of carbonyl (C=O) groups is 1. The Hall–Kier alpha value is -3.76. The summed E-state index contributed by atoms with van der Waals surface area (Å²) in [7, 11) is 2.17. The lowest BCUT2D eigenvalue weighted by molar-refractivity contribution is -0.138. The number of aromatic nitrogens is 5. The number of fused-ring (bicyclic) bond motifs is 2. The SMILES string of the molecule is CC(C)(C)OC=O.Cc1nc2c(N3CCOCC3)nc(-c3cccc4[nH]ncc34)cn2c1C1=CCN(C)CC1. The van der Waals surface area contributed by atoms with Crippen LogP contribution < -0.4 is 4.90 Å². The van der Waals surface area contributed by atoms with E-state index >= 15 is 0 Å². The van der Waals surface area contributed by atoms with Crippen LogP contribution in [0.3, 0.4) is 0 Å². The van der Waals surface area contributed by atoms with Crippen LogP contribution in [0.2, 0.25) is 0 Å². The molecule has 0 unspecified atom stereocenters. The lowest BCUT2D eigenvalue weighted by Gasteiger charge is -2.28. The number of imidazole rings is 1. The molecule has 0 spiro atoms. The number of nitrogens with one attached hydrogen (secondary N) is 1. The number of anilines is 1. The van der Waals surface area contributed by atoms with E-state index in [1.54, 1.807) is 0 Å². The number of H-pyrrole nitrogens is 1. The summed E-state index contributed by atoms with van der Waals surface area (Å²) in [6.45, 7) is 13.1. The van der Waals surface area contributed by atoms with Crippen molar-refractivity contribution in [2.75, 3.05) is 51.3 Å². The number of nitrogens with zero attached hydrogens (tertiary/aromatic N) is 6. The second kappa shape index (κ2) is 11.2. The van der Waals surface area contributed by atoms with E-state index in [9.17, 15) is 4.79 Å². The fraction of sp³-hybridized carbons (Fsp3) is 0.448. The van der Waals surface area contributed by atoms with Crippen LogP contribution in [0.4, 0.5) is 5.82 Å². The van der Waals surface area contributed by atoms with Crippen LogP contribution in [0.25, 0.3) is 33.4 Å². The topological polar surface area (TPSA) is 101 Å². The Morgan fingerprint density at radius 3 is 2.59 bits per heavy atom. The first kappa shape index (κ1) is 26.8. The van der Waals surface area contributed by atoms with Crippen LogP contribution >= 0.6 is 0 Å². The van der Waals surface area contributed by atoms with Gasteiger partial charge in [0.25, 0.3) is 6.47 Å². The highest BCUT2D eigenvalue weighted by atomic mass is 16.5. The Balaban J connectivity index is 0.000000392. The molecule has 4 aromatic rings. The molecule has 1 N–H and O–H groups in total. The molecule has 0 saturated carbocycles. The summed E-state index contributed by atoms with van der Waals surface area (Å²) in [6, 6.07) is 6.21. The highest BCUT2D eigenvalue weighted by molar-refractivity contribution is 5.93. The summed E-state index contributed by atoms with van der Waals surface area (Å²) in [5.41, 5.74) is 7.23. The molecule has 5 heterocycles. The zero-order chi connectivity index (χ0) is 27.6. The van der Waals surface area contributed by atoms with Crippen molar-refractivity contribution < 1.29 is 14.3 Å². The van der Waals surface area contributed by atoms with Gasteiger partial charge in [0.15, 0.2) is 11.5 Å². The first-order valence-electron chi connectivity index (χ1n) is 13.4. The van der Waals surface area contributed by atoms with E-state index in [-0.39, 0.29) is 5.60 Å². The number of aromatic amines is 1. The third-order valence-electron chi connectivity index (χ3n) is 6.95. The predicted octanol–water partition coefficient (Wildman–Crippen LogP) is 4.09. The van der Waals surface area contributed by atoms with Gasteiger partial charge in [-0.3, -0.25) is 14.3 Å². The molecule has 0 bridgehead atoms. The lowest BCUT2D eigenvalue weighted by Crippen LogP contribution is -2.37. The van der Waals surface area contributed by atoms with Gasteiger partial charge >= 0.3 is 0 Å². The Kier molecular flexibility index (Phi) is 7.67. The van der Waals surface area contributed by atoms with Gasteiger partial charge in [-0.15, -0.1) is 0 Å². The number of ether oxygens (including phenoxy) is 2. The van der Waals surface area contributed by atoms with E-state index < -0.39 is 0 Å². The summed E-state index contributed by atoms with van der Waals surface area (Å²) >= 11 is 0. The van der Waals surface area contributed by atoms with Crippen molar-refractivity contribution in [3.8, 4) is 11.3 Å². The summed E-state index contributed by atoms with van der Waals surface area (Å²) in [5.74, 6) is 0.925. The Labute approximate surface area is 228 Å². The van der Waals surface area contributed by atoms with Gasteiger partial charge in [0.1, 0.15) is 5.60 Å². The van der Waals surface area contributed by atoms with Crippen molar-refractivity contribution in [3.63, 3.8) is 0 Å². The number of hydrogen-bond donors (Lipinski definition) is 1. The fourth-order valence-electron chi connectivity index (χ4n) is 4.97. The van der Waals surface area contributed by atoms with Crippen molar-refractivity contribution in [1.29, 1.82) is 0 Å². The number of morpholine rings is 1. The number of aryl methyl sites for hydroxylation is 1. The van der Waals surface area contributed by atoms with Crippen LogP contribution in [-0.4, -0.2) is 88.0 Å². The van der Waals surface area contributed by atoms with Crippen LogP contribution in [0, 0.1) is 6.92 Å². The van der Waals surface area contributed by atoms with E-state index in [1.807, 2.05) is 33.0 Å². The molecule has 10 nitrogen and oxygen atoms in total. The molecule has 0 atom stereocenters. The van der Waals surface area contributed by atoms with Gasteiger partial charge < -0.3 is 19.3 Å². The molecule has 39 heavy (non-hydrogen) atoms. The molecule has 206 valence electrons. The molecule has 0 radical (unpaired) electrons. The van der Waals surface area contributed by atoms with E-state index in [0.717, 1.165) is 71.9 Å². The second-order valence-electron chi connectivity index (χ2n) is 11.0. The molecule has 10 heteroatoms. The first-order chi connectivity index (χ1) is 18.7. The number of likely N-dealkylation sites (N-methyl/N-ethyl adjacent to an activating group) is 1. The Morgan fingerprint density at radius 2 is 1.92 bits per heavy atom. The maximum atomic E-state index is 9.60. The van der Waals surface area contributed by atoms with Crippen LogP contribution in [0.15, 0.2) is 36.7 Å². The minimum atomic E-state index is -0.318. The highest BCUT2D eigenvalue weighted by Crippen LogP contribution is 2.34. The molecular weight excluding hydrogens is 494 g/mol. The van der Waals surface area contributed by atoms with Crippen LogP contribution in [-0.2, 0) is 14.3 Å². The second-order valence-corrected chi connectivity index (χ2v) is 11.0. The van der Waals surface area contributed by atoms with Crippen LogP contribution in [0.1, 0.15) is 38.6 Å². The molecule has 1 aromatic carbocycles. The van der Waals surface area contributed by atoms with Crippen molar-refractivity contribution in [3.05, 3.63) is 48.1 Å². The van der Waals surface area contributed by atoms with E-state index in [2.05, 4.69) is 67.5 Å². The molecule has 1 saturated heterocycles. The first-order valence-corrected chi connectivity index (χ1v) is 13.4. The third-order valence-corrected chi connectivity index (χ3v) is 6.95. The standard InChI is InChI=1S/C24H27N7O.C5H10O2/c1-16-22(17-6-8-29(2)9-7-17)31-15-21(18-4-3-5-20-19(18)14-25-28-20)27-23(24(31)26-16)30-10-12-32-13-11-30;1-5(2,3)7-4-6/h3-6,14-15H,7-13H2,1-2H3,(H,25,28);4H,1-3H3. The molecule has 0 amide bonds. The van der Waals surface area contributed by atoms with E-state index in [4.69, 9.17) is 14.7 Å². The van der Waals surface area contributed by atoms with E-state index in [0.29, 0.717) is 19.7 Å². The minimum Gasteiger partial charge on any atom is -0.462 e. The molecular formula is C29H37N7O3. The molecule has 2 aliphatic rings. The van der Waals surface area contributed by atoms with Crippen molar-refractivity contribution in [2.24, 2.45) is 0 Å². The summed E-state index contributed by atoms with van der Waals surface area (Å²) < 4.78 is 12.4. The number of rotatable bonds is 4. The van der Waals surface area contributed by atoms with E-state index in [1.165, 1.54) is 11.3 Å². The zero-order valence-corrected chi connectivity index (χ0v) is 23.4. The van der Waals surface area contributed by atoms with Gasteiger partial charge in [-0.05, 0) is 52.8 Å². The zero-order valence-electron chi connectivity index (χ0n) is 23.4. The minimum absolute atomic E-state index is 0.318. The summed E-state index contributed by atoms with van der Waals surface area (Å²) in [4.78, 5) is 24.4. The van der Waals surface area contributed by atoms with Crippen molar-refractivity contribution in [2.45, 2.75) is 39.7 Å². The highest BCUT2D eigenvalue weighted by Gasteiger charge is 2.24. The monoisotopic (exact) mass is 531 g/mol. The number of carbonyl (C=O) groups excluding carboxylic acids is 1. The molecule has 1 fully saturated rings. The normalized spacial score (nSPS) is 16.6. The smallest absolute Gasteiger partial charge is 0.293 e. The largest absolute Gasteiger partial charge is 0.462 e. The third kappa shape index (κ3) is 5.81. The number of hydrogen-bond acceptors (Lipinski definition) is 8. The quantitative estimate of drug-likeness (QED) is 0.393. The average Bonchev–Trinajstić information content (AvgIpc) is 3.53. The fourth-order valence-corrected chi connectivity index (χ4v) is 4.97. The maximum absolute atomic E-state index is 9.60. The Morgan fingerprint density at radius 1 is 1.13 bits per heavy atom. The van der Waals surface area contributed by atoms with Crippen LogP contribution in [0.5, 0.6) is 0 Å². The number of benzene rings is 1. The Bertz CT molecular complexity index is 1490.